The van der Waals surface area contributed by atoms with Gasteiger partial charge in [-0.2, -0.15) is 0 Å². The van der Waals surface area contributed by atoms with Gasteiger partial charge in [-0.05, 0) is 122 Å². The molecule has 0 atom stereocenters. The van der Waals surface area contributed by atoms with Crippen LogP contribution in [0.3, 0.4) is 0 Å². The van der Waals surface area contributed by atoms with E-state index in [4.69, 9.17) is 0 Å². The summed E-state index contributed by atoms with van der Waals surface area (Å²) in [6.07, 6.45) is 0. The number of nitrogens with zero attached hydrogens (tertiary/aromatic N) is 2. The fourth-order valence-electron chi connectivity index (χ4n) is 8.74. The minimum absolute atomic E-state index is 1.09. The molecule has 0 N–H and O–H groups in total. The molecule has 1 aromatic heterocycles. The van der Waals surface area contributed by atoms with Crippen molar-refractivity contribution in [3.63, 3.8) is 0 Å². The molecule has 1 heterocycles. The first-order valence-electron chi connectivity index (χ1n) is 19.9. The third-order valence-electron chi connectivity index (χ3n) is 11.6. The van der Waals surface area contributed by atoms with E-state index >= 15 is 0 Å². The van der Waals surface area contributed by atoms with Gasteiger partial charge in [-0.3, -0.25) is 0 Å². The molecule has 0 aliphatic heterocycles. The molecule has 11 rings (SSSR count). The number of para-hydroxylation sites is 2. The molecule has 58 heavy (non-hydrogen) atoms. The van der Waals surface area contributed by atoms with Crippen LogP contribution in [0.5, 0.6) is 0 Å². The monoisotopic (exact) mass is 738 g/mol. The van der Waals surface area contributed by atoms with Crippen LogP contribution in [-0.2, 0) is 0 Å². The number of hydrogen-bond acceptors (Lipinski definition) is 1. The van der Waals surface area contributed by atoms with E-state index in [0.29, 0.717) is 0 Å². The number of fused-ring (bicyclic) bond motifs is 5. The maximum absolute atomic E-state index is 2.39. The van der Waals surface area contributed by atoms with Crippen LogP contribution in [0.15, 0.2) is 231 Å². The molecule has 0 bridgehead atoms. The van der Waals surface area contributed by atoms with Gasteiger partial charge in [0.1, 0.15) is 0 Å². The summed E-state index contributed by atoms with van der Waals surface area (Å²) in [4.78, 5) is 2.37. The van der Waals surface area contributed by atoms with Crippen molar-refractivity contribution in [2.75, 3.05) is 4.90 Å². The summed E-state index contributed by atoms with van der Waals surface area (Å²) in [6, 6.07) is 83.7. The highest BCUT2D eigenvalue weighted by molar-refractivity contribution is 6.09. The first-order chi connectivity index (χ1) is 28.7. The van der Waals surface area contributed by atoms with Crippen molar-refractivity contribution in [1.82, 2.24) is 4.57 Å². The van der Waals surface area contributed by atoms with E-state index < -0.39 is 0 Å². The summed E-state index contributed by atoms with van der Waals surface area (Å²) in [5.41, 5.74) is 14.0. The van der Waals surface area contributed by atoms with Crippen molar-refractivity contribution < 1.29 is 0 Å². The topological polar surface area (TPSA) is 8.17 Å². The van der Waals surface area contributed by atoms with Crippen molar-refractivity contribution >= 4 is 60.4 Å². The largest absolute Gasteiger partial charge is 0.310 e. The lowest BCUT2D eigenvalue weighted by Crippen LogP contribution is -2.10. The maximum atomic E-state index is 2.39. The lowest BCUT2D eigenvalue weighted by atomic mass is 9.98. The molecule has 0 radical (unpaired) electrons. The van der Waals surface area contributed by atoms with Gasteiger partial charge in [0.15, 0.2) is 0 Å². The first kappa shape index (κ1) is 33.6. The van der Waals surface area contributed by atoms with Gasteiger partial charge in [0.05, 0.1) is 11.0 Å². The van der Waals surface area contributed by atoms with Crippen LogP contribution < -0.4 is 4.90 Å². The molecule has 2 nitrogen and oxygen atoms in total. The average molecular weight is 739 g/mol. The SMILES string of the molecule is c1cc(-c2cccc(-n3c4ccccc4c4ccccc43)c2)cc(N(c2ccc(-c3ccc4ccccc4c3)cc2)c2ccc(-c3cccc4ccccc34)cc2)c1. The van der Waals surface area contributed by atoms with Crippen molar-refractivity contribution in [1.29, 1.82) is 0 Å². The lowest BCUT2D eigenvalue weighted by Gasteiger charge is -2.26. The third-order valence-corrected chi connectivity index (χ3v) is 11.6. The Hall–Kier alpha value is -7.68. The molecule has 11 aromatic rings. The smallest absolute Gasteiger partial charge is 0.0541 e. The second kappa shape index (κ2) is 14.1. The molecule has 10 aromatic carbocycles. The van der Waals surface area contributed by atoms with E-state index in [0.717, 1.165) is 28.3 Å². The highest BCUT2D eigenvalue weighted by Gasteiger charge is 2.16. The summed E-state index contributed by atoms with van der Waals surface area (Å²) in [5.74, 6) is 0. The maximum Gasteiger partial charge on any atom is 0.0541 e. The minimum atomic E-state index is 1.09. The predicted molar refractivity (Wildman–Crippen MR) is 247 cm³/mol. The normalized spacial score (nSPS) is 11.4. The minimum Gasteiger partial charge on any atom is -0.310 e. The zero-order chi connectivity index (χ0) is 38.4. The van der Waals surface area contributed by atoms with Crippen molar-refractivity contribution in [2.45, 2.75) is 0 Å². The van der Waals surface area contributed by atoms with E-state index in [-0.39, 0.29) is 0 Å². The number of rotatable bonds is 7. The third kappa shape index (κ3) is 5.91. The van der Waals surface area contributed by atoms with E-state index in [2.05, 4.69) is 240 Å². The number of anilines is 3. The van der Waals surface area contributed by atoms with Crippen molar-refractivity contribution in [3.8, 4) is 39.1 Å². The molecule has 0 fully saturated rings. The Morgan fingerprint density at radius 3 is 1.52 bits per heavy atom. The average Bonchev–Trinajstić information content (AvgIpc) is 3.64. The Morgan fingerprint density at radius 1 is 0.276 bits per heavy atom. The fourth-order valence-corrected chi connectivity index (χ4v) is 8.74. The van der Waals surface area contributed by atoms with Gasteiger partial charge < -0.3 is 9.47 Å². The first-order valence-corrected chi connectivity index (χ1v) is 19.9. The standard InChI is InChI=1S/C56H38N2/c1-2-14-43-36-46(27-26-39(43)12-1)40-28-32-47(33-29-40)57(48-34-30-42(31-35-48)52-23-11-15-41-13-3-4-20-51(41)52)49-18-9-16-44(37-49)45-17-10-19-50(38-45)58-55-24-7-5-21-53(55)54-22-6-8-25-56(54)58/h1-38H. The van der Waals surface area contributed by atoms with Crippen LogP contribution in [0.2, 0.25) is 0 Å². The number of benzene rings is 10. The van der Waals surface area contributed by atoms with Gasteiger partial charge in [0.2, 0.25) is 0 Å². The molecule has 0 aliphatic rings. The molecule has 0 saturated carbocycles. The molecule has 0 amide bonds. The van der Waals surface area contributed by atoms with Gasteiger partial charge in [0, 0.05) is 33.5 Å². The van der Waals surface area contributed by atoms with E-state index in [9.17, 15) is 0 Å². The summed E-state index contributed by atoms with van der Waals surface area (Å²) in [6.45, 7) is 0. The predicted octanol–water partition coefficient (Wildman–Crippen LogP) is 15.6. The molecule has 0 spiro atoms. The van der Waals surface area contributed by atoms with Crippen LogP contribution in [0.1, 0.15) is 0 Å². The summed E-state index contributed by atoms with van der Waals surface area (Å²) < 4.78 is 2.39. The molecule has 272 valence electrons. The zero-order valence-electron chi connectivity index (χ0n) is 31.8. The van der Waals surface area contributed by atoms with E-state index in [1.54, 1.807) is 0 Å². The Balaban J connectivity index is 1.01. The lowest BCUT2D eigenvalue weighted by molar-refractivity contribution is 1.18. The van der Waals surface area contributed by atoms with Crippen LogP contribution in [0, 0.1) is 0 Å². The number of aromatic nitrogens is 1. The van der Waals surface area contributed by atoms with Gasteiger partial charge in [0.25, 0.3) is 0 Å². The molecule has 0 aliphatic carbocycles. The summed E-state index contributed by atoms with van der Waals surface area (Å²) >= 11 is 0. The van der Waals surface area contributed by atoms with E-state index in [1.807, 2.05) is 0 Å². The van der Waals surface area contributed by atoms with Crippen LogP contribution in [0.25, 0.3) is 82.4 Å². The Bertz CT molecular complexity index is 3220. The van der Waals surface area contributed by atoms with Gasteiger partial charge in [-0.25, -0.2) is 0 Å². The second-order valence-electron chi connectivity index (χ2n) is 15.0. The van der Waals surface area contributed by atoms with Gasteiger partial charge >= 0.3 is 0 Å². The van der Waals surface area contributed by atoms with Gasteiger partial charge in [-0.1, -0.05) is 164 Å². The summed E-state index contributed by atoms with van der Waals surface area (Å²) in [7, 11) is 0. The Morgan fingerprint density at radius 2 is 0.793 bits per heavy atom. The highest BCUT2D eigenvalue weighted by Crippen LogP contribution is 2.40. The second-order valence-corrected chi connectivity index (χ2v) is 15.0. The van der Waals surface area contributed by atoms with Crippen LogP contribution in [-0.4, -0.2) is 4.57 Å². The van der Waals surface area contributed by atoms with Crippen LogP contribution >= 0.6 is 0 Å². The van der Waals surface area contributed by atoms with E-state index in [1.165, 1.54) is 71.2 Å². The molecular formula is C56H38N2. The Labute approximate surface area is 338 Å². The molecule has 2 heteroatoms. The highest BCUT2D eigenvalue weighted by atomic mass is 15.1. The fraction of sp³-hybridized carbons (Fsp3) is 0. The zero-order valence-corrected chi connectivity index (χ0v) is 31.8. The molecule has 0 unspecified atom stereocenters. The Kier molecular flexibility index (Phi) is 8.19. The quantitative estimate of drug-likeness (QED) is 0.158. The van der Waals surface area contributed by atoms with Crippen molar-refractivity contribution in [2.24, 2.45) is 0 Å². The van der Waals surface area contributed by atoms with Crippen molar-refractivity contribution in [3.05, 3.63) is 231 Å². The molecule has 0 saturated heterocycles. The van der Waals surface area contributed by atoms with Gasteiger partial charge in [-0.15, -0.1) is 0 Å². The molecular weight excluding hydrogens is 701 g/mol. The number of hydrogen-bond donors (Lipinski definition) is 0. The van der Waals surface area contributed by atoms with Crippen LogP contribution in [0.4, 0.5) is 17.1 Å². The summed E-state index contributed by atoms with van der Waals surface area (Å²) in [5, 5.41) is 7.53.